The SMILES string of the molecule is CC(=O)Nc1ccc(/C=C(/C#N)C(=O)Nc2cc(C(F)(F)F)ccc2Cl)cc1. The van der Waals surface area contributed by atoms with Crippen molar-refractivity contribution < 1.29 is 22.8 Å². The van der Waals surface area contributed by atoms with Crippen LogP contribution < -0.4 is 10.6 Å². The summed E-state index contributed by atoms with van der Waals surface area (Å²) in [5.74, 6) is -1.16. The number of anilines is 2. The lowest BCUT2D eigenvalue weighted by atomic mass is 10.1. The first-order valence-electron chi connectivity index (χ1n) is 7.77. The number of rotatable bonds is 4. The van der Waals surface area contributed by atoms with Crippen LogP contribution in [0.15, 0.2) is 48.0 Å². The van der Waals surface area contributed by atoms with Crippen molar-refractivity contribution in [1.29, 1.82) is 5.26 Å². The van der Waals surface area contributed by atoms with Crippen LogP contribution in [0.25, 0.3) is 6.08 Å². The second kappa shape index (κ2) is 8.59. The molecule has 0 aliphatic rings. The van der Waals surface area contributed by atoms with Gasteiger partial charge in [0.05, 0.1) is 16.3 Å². The molecule has 2 N–H and O–H groups in total. The molecule has 0 saturated heterocycles. The maximum Gasteiger partial charge on any atom is 0.416 e. The molecule has 0 aliphatic carbocycles. The number of halogens is 4. The summed E-state index contributed by atoms with van der Waals surface area (Å²) in [6.45, 7) is 1.35. The molecule has 0 spiro atoms. The average molecular weight is 408 g/mol. The third kappa shape index (κ3) is 5.59. The number of nitriles is 1. The topological polar surface area (TPSA) is 82.0 Å². The van der Waals surface area contributed by atoms with Gasteiger partial charge >= 0.3 is 6.18 Å². The smallest absolute Gasteiger partial charge is 0.326 e. The van der Waals surface area contributed by atoms with Gasteiger partial charge in [-0.15, -0.1) is 0 Å². The Bertz CT molecular complexity index is 977. The molecule has 2 rings (SSSR count). The zero-order valence-electron chi connectivity index (χ0n) is 14.4. The minimum Gasteiger partial charge on any atom is -0.326 e. The Kier molecular flexibility index (Phi) is 6.44. The van der Waals surface area contributed by atoms with Crippen LogP contribution in [0.3, 0.4) is 0 Å². The van der Waals surface area contributed by atoms with Gasteiger partial charge in [-0.1, -0.05) is 23.7 Å². The van der Waals surface area contributed by atoms with Crippen LogP contribution in [0.2, 0.25) is 5.02 Å². The van der Waals surface area contributed by atoms with E-state index in [1.807, 2.05) is 0 Å². The quantitative estimate of drug-likeness (QED) is 0.560. The summed E-state index contributed by atoms with van der Waals surface area (Å²) < 4.78 is 38.4. The normalized spacial score (nSPS) is 11.5. The van der Waals surface area contributed by atoms with Gasteiger partial charge in [-0.25, -0.2) is 0 Å². The number of alkyl halides is 3. The van der Waals surface area contributed by atoms with Gasteiger partial charge in [-0.05, 0) is 42.0 Å². The second-order valence-corrected chi connectivity index (χ2v) is 6.03. The highest BCUT2D eigenvalue weighted by molar-refractivity contribution is 6.34. The standard InChI is InChI=1S/C19H13ClF3N3O2/c1-11(27)25-15-5-2-12(3-6-15)8-13(10-24)18(28)26-17-9-14(19(21,22)23)4-7-16(17)20/h2-9H,1H3,(H,25,27)(H,26,28)/b13-8-. The third-order valence-corrected chi connectivity index (χ3v) is 3.78. The Balaban J connectivity index is 2.23. The van der Waals surface area contributed by atoms with Gasteiger partial charge in [0.15, 0.2) is 0 Å². The first-order valence-corrected chi connectivity index (χ1v) is 8.15. The summed E-state index contributed by atoms with van der Waals surface area (Å²) in [7, 11) is 0. The minimum atomic E-state index is -4.60. The summed E-state index contributed by atoms with van der Waals surface area (Å²) in [5, 5.41) is 13.9. The Morgan fingerprint density at radius 2 is 1.75 bits per heavy atom. The first-order chi connectivity index (χ1) is 13.1. The van der Waals surface area contributed by atoms with Crippen molar-refractivity contribution in [3.05, 3.63) is 64.2 Å². The first kappa shape index (κ1) is 21.0. The molecular weight excluding hydrogens is 395 g/mol. The van der Waals surface area contributed by atoms with Crippen molar-refractivity contribution in [3.63, 3.8) is 0 Å². The molecule has 0 radical (unpaired) electrons. The molecule has 2 aromatic carbocycles. The van der Waals surface area contributed by atoms with E-state index in [-0.39, 0.29) is 22.2 Å². The predicted molar refractivity (Wildman–Crippen MR) is 99.4 cm³/mol. The molecule has 2 amide bonds. The van der Waals surface area contributed by atoms with E-state index in [4.69, 9.17) is 11.6 Å². The summed E-state index contributed by atoms with van der Waals surface area (Å²) in [6.07, 6.45) is -3.35. The largest absolute Gasteiger partial charge is 0.416 e. The molecule has 0 heterocycles. The van der Waals surface area contributed by atoms with Gasteiger partial charge < -0.3 is 10.6 Å². The van der Waals surface area contributed by atoms with E-state index in [1.165, 1.54) is 13.0 Å². The number of nitrogens with zero attached hydrogens (tertiary/aromatic N) is 1. The molecule has 5 nitrogen and oxygen atoms in total. The van der Waals surface area contributed by atoms with Crippen molar-refractivity contribution in [2.75, 3.05) is 10.6 Å². The van der Waals surface area contributed by atoms with Crippen LogP contribution in [0, 0.1) is 11.3 Å². The van der Waals surface area contributed by atoms with Crippen LogP contribution >= 0.6 is 11.6 Å². The van der Waals surface area contributed by atoms with Gasteiger partial charge in [-0.3, -0.25) is 9.59 Å². The van der Waals surface area contributed by atoms with Crippen LogP contribution in [0.4, 0.5) is 24.5 Å². The van der Waals surface area contributed by atoms with Crippen molar-refractivity contribution in [3.8, 4) is 6.07 Å². The molecule has 0 saturated carbocycles. The Morgan fingerprint density at radius 3 is 2.29 bits per heavy atom. The molecule has 0 bridgehead atoms. The van der Waals surface area contributed by atoms with E-state index in [0.717, 1.165) is 12.1 Å². The van der Waals surface area contributed by atoms with Crippen molar-refractivity contribution in [2.24, 2.45) is 0 Å². The van der Waals surface area contributed by atoms with E-state index in [0.29, 0.717) is 17.3 Å². The van der Waals surface area contributed by atoms with Gasteiger partial charge in [0, 0.05) is 12.6 Å². The lowest BCUT2D eigenvalue weighted by Crippen LogP contribution is -2.15. The molecule has 28 heavy (non-hydrogen) atoms. The number of amides is 2. The zero-order chi connectivity index (χ0) is 20.9. The van der Waals surface area contributed by atoms with E-state index in [9.17, 15) is 28.0 Å². The molecule has 0 aromatic heterocycles. The van der Waals surface area contributed by atoms with E-state index >= 15 is 0 Å². The molecule has 0 unspecified atom stereocenters. The van der Waals surface area contributed by atoms with Crippen molar-refractivity contribution in [2.45, 2.75) is 13.1 Å². The fraction of sp³-hybridized carbons (Fsp3) is 0.105. The number of nitrogens with one attached hydrogen (secondary N) is 2. The van der Waals surface area contributed by atoms with E-state index < -0.39 is 17.6 Å². The van der Waals surface area contributed by atoms with Crippen LogP contribution in [0.5, 0.6) is 0 Å². The number of carbonyl (C=O) groups is 2. The highest BCUT2D eigenvalue weighted by Gasteiger charge is 2.31. The lowest BCUT2D eigenvalue weighted by Gasteiger charge is -2.11. The maximum atomic E-state index is 12.8. The number of hydrogen-bond acceptors (Lipinski definition) is 3. The minimum absolute atomic E-state index is 0.0988. The van der Waals surface area contributed by atoms with Crippen molar-refractivity contribution >= 4 is 40.9 Å². The highest BCUT2D eigenvalue weighted by atomic mass is 35.5. The van der Waals surface area contributed by atoms with E-state index in [2.05, 4.69) is 10.6 Å². The Labute approximate surface area is 163 Å². The lowest BCUT2D eigenvalue weighted by molar-refractivity contribution is -0.137. The summed E-state index contributed by atoms with van der Waals surface area (Å²) in [6, 6.07) is 10.5. The fourth-order valence-corrected chi connectivity index (χ4v) is 2.33. The van der Waals surface area contributed by atoms with E-state index in [1.54, 1.807) is 30.3 Å². The fourth-order valence-electron chi connectivity index (χ4n) is 2.17. The molecule has 0 aliphatic heterocycles. The maximum absolute atomic E-state index is 12.8. The zero-order valence-corrected chi connectivity index (χ0v) is 15.2. The Morgan fingerprint density at radius 1 is 1.11 bits per heavy atom. The van der Waals surface area contributed by atoms with Gasteiger partial charge in [-0.2, -0.15) is 18.4 Å². The predicted octanol–water partition coefficient (Wildman–Crippen LogP) is 4.86. The summed E-state index contributed by atoms with van der Waals surface area (Å²) in [5.41, 5.74) is -0.563. The van der Waals surface area contributed by atoms with Gasteiger partial charge in [0.2, 0.25) is 5.91 Å². The van der Waals surface area contributed by atoms with Crippen LogP contribution in [-0.4, -0.2) is 11.8 Å². The summed E-state index contributed by atoms with van der Waals surface area (Å²) >= 11 is 5.84. The molecule has 2 aromatic rings. The van der Waals surface area contributed by atoms with Gasteiger partial charge in [0.25, 0.3) is 5.91 Å². The molecule has 9 heteroatoms. The van der Waals surface area contributed by atoms with Crippen LogP contribution in [0.1, 0.15) is 18.1 Å². The number of carbonyl (C=O) groups excluding carboxylic acids is 2. The van der Waals surface area contributed by atoms with Crippen LogP contribution in [-0.2, 0) is 15.8 Å². The molecule has 144 valence electrons. The number of benzene rings is 2. The second-order valence-electron chi connectivity index (χ2n) is 5.62. The van der Waals surface area contributed by atoms with Gasteiger partial charge in [0.1, 0.15) is 11.6 Å². The number of hydrogen-bond donors (Lipinski definition) is 2. The summed E-state index contributed by atoms with van der Waals surface area (Å²) in [4.78, 5) is 23.3. The monoisotopic (exact) mass is 407 g/mol. The Hall–Kier alpha value is -3.31. The third-order valence-electron chi connectivity index (χ3n) is 3.45. The molecular formula is C19H13ClF3N3O2. The average Bonchev–Trinajstić information content (AvgIpc) is 2.61. The van der Waals surface area contributed by atoms with Crippen molar-refractivity contribution in [1.82, 2.24) is 0 Å². The molecule has 0 atom stereocenters. The highest BCUT2D eigenvalue weighted by Crippen LogP contribution is 2.34. The molecule has 0 fully saturated rings.